The summed E-state index contributed by atoms with van der Waals surface area (Å²) in [5, 5.41) is 22.5. The number of ether oxygens (including phenoxy) is 1. The minimum Gasteiger partial charge on any atom is -0.390 e. The molecule has 0 unspecified atom stereocenters. The van der Waals surface area contributed by atoms with Crippen molar-refractivity contribution in [3.05, 3.63) is 29.2 Å². The van der Waals surface area contributed by atoms with Crippen molar-refractivity contribution in [3.8, 4) is 11.4 Å². The Morgan fingerprint density at radius 3 is 2.68 bits per heavy atom. The summed E-state index contributed by atoms with van der Waals surface area (Å²) in [5.74, 6) is 1.56. The van der Waals surface area contributed by atoms with Gasteiger partial charge in [0.2, 0.25) is 0 Å². The Balaban J connectivity index is 1.55. The smallest absolute Gasteiger partial charge is 0.158 e. The highest BCUT2D eigenvalue weighted by atomic mass is 16.5. The molecule has 1 atom stereocenters. The van der Waals surface area contributed by atoms with Gasteiger partial charge in [0.1, 0.15) is 23.0 Å². The first-order valence-corrected chi connectivity index (χ1v) is 9.54. The van der Waals surface area contributed by atoms with Crippen LogP contribution >= 0.6 is 0 Å². The molecule has 3 aromatic rings. The third-order valence-corrected chi connectivity index (χ3v) is 5.05. The Morgan fingerprint density at radius 1 is 1.18 bits per heavy atom. The number of nitrogens with one attached hydrogen (secondary N) is 1. The van der Waals surface area contributed by atoms with Crippen molar-refractivity contribution in [2.45, 2.75) is 26.9 Å². The third-order valence-electron chi connectivity index (χ3n) is 5.05. The molecule has 0 amide bonds. The maximum atomic E-state index is 10.5. The van der Waals surface area contributed by atoms with E-state index in [1.54, 1.807) is 4.52 Å². The van der Waals surface area contributed by atoms with Gasteiger partial charge in [0.15, 0.2) is 5.65 Å². The van der Waals surface area contributed by atoms with E-state index >= 15 is 0 Å². The first kappa shape index (κ1) is 18.9. The van der Waals surface area contributed by atoms with Crippen molar-refractivity contribution >= 4 is 11.5 Å². The van der Waals surface area contributed by atoms with E-state index in [0.717, 1.165) is 54.8 Å². The molecule has 0 radical (unpaired) electrons. The Bertz CT molecular complexity index is 960. The normalized spacial score (nSPS) is 16.6. The third kappa shape index (κ3) is 3.87. The van der Waals surface area contributed by atoms with E-state index in [2.05, 4.69) is 25.5 Å². The molecule has 28 heavy (non-hydrogen) atoms. The number of aliphatic hydroxyl groups is 1. The number of fused-ring (bicyclic) bond motifs is 1. The lowest BCUT2D eigenvalue weighted by molar-refractivity contribution is 0.0171. The molecule has 0 bridgehead atoms. The van der Waals surface area contributed by atoms with E-state index in [4.69, 9.17) is 9.26 Å². The van der Waals surface area contributed by atoms with Crippen LogP contribution < -0.4 is 5.32 Å². The maximum Gasteiger partial charge on any atom is 0.158 e. The molecule has 1 saturated heterocycles. The van der Waals surface area contributed by atoms with Crippen LogP contribution in [0.2, 0.25) is 0 Å². The van der Waals surface area contributed by atoms with Crippen LogP contribution in [0.4, 0.5) is 5.82 Å². The van der Waals surface area contributed by atoms with Crippen LogP contribution in [0.3, 0.4) is 0 Å². The van der Waals surface area contributed by atoms with Crippen molar-refractivity contribution in [3.63, 3.8) is 0 Å². The molecule has 0 aromatic carbocycles. The van der Waals surface area contributed by atoms with Crippen LogP contribution in [0.5, 0.6) is 0 Å². The van der Waals surface area contributed by atoms with E-state index in [-0.39, 0.29) is 0 Å². The summed E-state index contributed by atoms with van der Waals surface area (Å²) in [4.78, 5) is 6.84. The molecule has 1 aliphatic heterocycles. The Hall–Kier alpha value is -2.49. The number of β-amino-alcohol motifs (C(OH)–C–C–N with tert-alkyl or cyclic N) is 1. The molecule has 9 heteroatoms. The summed E-state index contributed by atoms with van der Waals surface area (Å²) in [5.41, 5.74) is 4.02. The molecule has 150 valence electrons. The van der Waals surface area contributed by atoms with Crippen LogP contribution in [0, 0.1) is 20.8 Å². The number of aliphatic hydroxyl groups excluding tert-OH is 1. The molecule has 1 fully saturated rings. The second-order valence-electron chi connectivity index (χ2n) is 7.24. The van der Waals surface area contributed by atoms with E-state index < -0.39 is 6.10 Å². The molecular formula is C19H26N6O3. The molecule has 9 nitrogen and oxygen atoms in total. The molecule has 0 saturated carbocycles. The first-order valence-electron chi connectivity index (χ1n) is 9.54. The van der Waals surface area contributed by atoms with Gasteiger partial charge in [-0.05, 0) is 20.8 Å². The molecule has 0 aliphatic carbocycles. The molecule has 3 aromatic heterocycles. The van der Waals surface area contributed by atoms with Crippen molar-refractivity contribution in [1.29, 1.82) is 0 Å². The van der Waals surface area contributed by atoms with Crippen molar-refractivity contribution < 1.29 is 14.4 Å². The highest BCUT2D eigenvalue weighted by Gasteiger charge is 2.18. The first-order chi connectivity index (χ1) is 13.5. The Morgan fingerprint density at radius 2 is 1.96 bits per heavy atom. The lowest BCUT2D eigenvalue weighted by atomic mass is 10.2. The fourth-order valence-electron chi connectivity index (χ4n) is 3.38. The van der Waals surface area contributed by atoms with Gasteiger partial charge in [-0.25, -0.2) is 4.98 Å². The summed E-state index contributed by atoms with van der Waals surface area (Å²) < 4.78 is 12.3. The molecule has 1 aliphatic rings. The van der Waals surface area contributed by atoms with Gasteiger partial charge in [-0.2, -0.15) is 9.61 Å². The number of hydrogen-bond acceptors (Lipinski definition) is 8. The number of hydrogen-bond donors (Lipinski definition) is 2. The Labute approximate surface area is 163 Å². The van der Waals surface area contributed by atoms with Gasteiger partial charge in [-0.1, -0.05) is 5.16 Å². The minimum absolute atomic E-state index is 0.426. The number of anilines is 1. The zero-order valence-corrected chi connectivity index (χ0v) is 16.5. The van der Waals surface area contributed by atoms with Crippen LogP contribution in [0.1, 0.15) is 17.0 Å². The number of morpholine rings is 1. The largest absolute Gasteiger partial charge is 0.390 e. The van der Waals surface area contributed by atoms with Gasteiger partial charge < -0.3 is 19.7 Å². The zero-order valence-electron chi connectivity index (χ0n) is 16.5. The maximum absolute atomic E-state index is 10.5. The second kappa shape index (κ2) is 7.86. The van der Waals surface area contributed by atoms with E-state index in [1.165, 1.54) is 0 Å². The lowest BCUT2D eigenvalue weighted by Crippen LogP contribution is -2.42. The van der Waals surface area contributed by atoms with Crippen LogP contribution in [-0.2, 0) is 4.74 Å². The van der Waals surface area contributed by atoms with Crippen molar-refractivity contribution in [2.24, 2.45) is 0 Å². The summed E-state index contributed by atoms with van der Waals surface area (Å²) in [6, 6.07) is 3.74. The van der Waals surface area contributed by atoms with Crippen LogP contribution in [0.25, 0.3) is 17.0 Å². The molecule has 0 spiro atoms. The molecule has 2 N–H and O–H groups in total. The number of aromatic nitrogens is 4. The standard InChI is InChI=1S/C19H26N6O3/c1-12-8-17(23-28-12)16-9-18-21-14(3)13(2)19(25(18)22-16)20-10-15(26)11-24-4-6-27-7-5-24/h8-9,15,20,26H,4-7,10-11H2,1-3H3/t15-/m0/s1. The second-order valence-corrected chi connectivity index (χ2v) is 7.24. The summed E-state index contributed by atoms with van der Waals surface area (Å²) in [6.45, 7) is 10.0. The van der Waals surface area contributed by atoms with E-state index in [0.29, 0.717) is 24.5 Å². The van der Waals surface area contributed by atoms with Crippen LogP contribution in [0.15, 0.2) is 16.7 Å². The highest BCUT2D eigenvalue weighted by Crippen LogP contribution is 2.24. The monoisotopic (exact) mass is 386 g/mol. The average Bonchev–Trinajstić information content (AvgIpc) is 3.29. The van der Waals surface area contributed by atoms with Gasteiger partial charge in [0.05, 0.1) is 19.3 Å². The summed E-state index contributed by atoms with van der Waals surface area (Å²) in [6.07, 6.45) is -0.491. The van der Waals surface area contributed by atoms with Gasteiger partial charge in [0, 0.05) is 49.6 Å². The van der Waals surface area contributed by atoms with Gasteiger partial charge >= 0.3 is 0 Å². The molecule has 4 heterocycles. The SMILES string of the molecule is Cc1cc(-c2cc3nc(C)c(C)c(NC[C@H](O)CN4CCOCC4)n3n2)no1. The number of aryl methyl sites for hydroxylation is 2. The Kier molecular flexibility index (Phi) is 5.29. The van der Waals surface area contributed by atoms with Crippen molar-refractivity contribution in [1.82, 2.24) is 24.7 Å². The van der Waals surface area contributed by atoms with Gasteiger partial charge in [-0.3, -0.25) is 4.90 Å². The predicted molar refractivity (Wildman–Crippen MR) is 104 cm³/mol. The topological polar surface area (TPSA) is 101 Å². The molecular weight excluding hydrogens is 360 g/mol. The van der Waals surface area contributed by atoms with Gasteiger partial charge in [-0.15, -0.1) is 0 Å². The summed E-state index contributed by atoms with van der Waals surface area (Å²) >= 11 is 0. The summed E-state index contributed by atoms with van der Waals surface area (Å²) in [7, 11) is 0. The number of rotatable bonds is 6. The molecule has 4 rings (SSSR count). The van der Waals surface area contributed by atoms with Crippen LogP contribution in [-0.4, -0.2) is 75.3 Å². The fraction of sp³-hybridized carbons (Fsp3) is 0.526. The zero-order chi connectivity index (χ0) is 19.7. The van der Waals surface area contributed by atoms with Crippen molar-refractivity contribution in [2.75, 3.05) is 44.7 Å². The number of nitrogens with zero attached hydrogens (tertiary/aromatic N) is 5. The predicted octanol–water partition coefficient (Wildman–Crippen LogP) is 1.41. The highest BCUT2D eigenvalue weighted by molar-refractivity contribution is 5.64. The lowest BCUT2D eigenvalue weighted by Gasteiger charge is -2.28. The average molecular weight is 386 g/mol. The van der Waals surface area contributed by atoms with E-state index in [1.807, 2.05) is 32.9 Å². The van der Waals surface area contributed by atoms with E-state index in [9.17, 15) is 5.11 Å². The fourth-order valence-corrected chi connectivity index (χ4v) is 3.38. The minimum atomic E-state index is -0.491. The van der Waals surface area contributed by atoms with Gasteiger partial charge in [0.25, 0.3) is 0 Å². The quantitative estimate of drug-likeness (QED) is 0.656.